The number of nitrogens with one attached hydrogen (secondary N) is 1. The zero-order chi connectivity index (χ0) is 18.2. The van der Waals surface area contributed by atoms with Gasteiger partial charge in [-0.1, -0.05) is 29.8 Å². The van der Waals surface area contributed by atoms with Crippen molar-refractivity contribution in [1.29, 1.82) is 0 Å². The van der Waals surface area contributed by atoms with E-state index in [0.29, 0.717) is 10.8 Å². The van der Waals surface area contributed by atoms with Crippen LogP contribution in [0.1, 0.15) is 18.5 Å². The van der Waals surface area contributed by atoms with E-state index >= 15 is 0 Å². The second-order valence-electron chi connectivity index (χ2n) is 5.21. The quantitative estimate of drug-likeness (QED) is 0.765. The summed E-state index contributed by atoms with van der Waals surface area (Å²) >= 11 is 6.06. The Bertz CT molecular complexity index is 736. The Morgan fingerprint density at radius 3 is 2.48 bits per heavy atom. The van der Waals surface area contributed by atoms with E-state index in [1.165, 1.54) is 24.3 Å². The molecule has 1 amide bonds. The molecule has 2 aromatic rings. The van der Waals surface area contributed by atoms with Gasteiger partial charge in [0.25, 0.3) is 5.91 Å². The second-order valence-corrected chi connectivity index (χ2v) is 5.62. The lowest BCUT2D eigenvalue weighted by atomic mass is 10.1. The number of hydrogen-bond acceptors (Lipinski definition) is 4. The van der Waals surface area contributed by atoms with Gasteiger partial charge in [0.1, 0.15) is 11.6 Å². The number of ether oxygens (including phenoxy) is 2. The van der Waals surface area contributed by atoms with E-state index in [9.17, 15) is 14.0 Å². The summed E-state index contributed by atoms with van der Waals surface area (Å²) in [6.07, 6.45) is 0. The SMILES string of the molecule is C[C@@H](NC(=O)COC(=O)COc1ccc(F)cc1)c1ccccc1Cl. The van der Waals surface area contributed by atoms with Gasteiger partial charge in [-0.3, -0.25) is 4.79 Å². The minimum atomic E-state index is -0.704. The highest BCUT2D eigenvalue weighted by Gasteiger charge is 2.14. The van der Waals surface area contributed by atoms with Gasteiger partial charge < -0.3 is 14.8 Å². The molecule has 0 saturated heterocycles. The fourth-order valence-corrected chi connectivity index (χ4v) is 2.35. The van der Waals surface area contributed by atoms with Gasteiger partial charge in [0.15, 0.2) is 13.2 Å². The molecule has 1 atom stereocenters. The van der Waals surface area contributed by atoms with Gasteiger partial charge in [0, 0.05) is 5.02 Å². The van der Waals surface area contributed by atoms with Crippen LogP contribution in [-0.2, 0) is 14.3 Å². The number of benzene rings is 2. The maximum Gasteiger partial charge on any atom is 0.344 e. The van der Waals surface area contributed by atoms with Crippen molar-refractivity contribution in [3.05, 3.63) is 64.9 Å². The zero-order valence-electron chi connectivity index (χ0n) is 13.5. The Kier molecular flexibility index (Phi) is 6.77. The Morgan fingerprint density at radius 1 is 1.12 bits per heavy atom. The predicted octanol–water partition coefficient (Wildman–Crippen LogP) is 3.28. The lowest BCUT2D eigenvalue weighted by Gasteiger charge is -2.15. The molecular weight excluding hydrogens is 349 g/mol. The zero-order valence-corrected chi connectivity index (χ0v) is 14.3. The highest BCUT2D eigenvalue weighted by Crippen LogP contribution is 2.21. The average molecular weight is 366 g/mol. The molecule has 0 saturated carbocycles. The van der Waals surface area contributed by atoms with Gasteiger partial charge in [0.2, 0.25) is 0 Å². The minimum Gasteiger partial charge on any atom is -0.482 e. The van der Waals surface area contributed by atoms with E-state index in [1.807, 2.05) is 6.07 Å². The molecule has 0 spiro atoms. The van der Waals surface area contributed by atoms with Gasteiger partial charge in [-0.2, -0.15) is 0 Å². The number of hydrogen-bond donors (Lipinski definition) is 1. The summed E-state index contributed by atoms with van der Waals surface area (Å²) in [5.41, 5.74) is 0.767. The summed E-state index contributed by atoms with van der Waals surface area (Å²) in [4.78, 5) is 23.4. The first-order chi connectivity index (χ1) is 12.0. The third-order valence-electron chi connectivity index (χ3n) is 3.28. The molecule has 0 aliphatic carbocycles. The molecule has 2 aromatic carbocycles. The van der Waals surface area contributed by atoms with E-state index in [4.69, 9.17) is 21.1 Å². The fourth-order valence-electron chi connectivity index (χ4n) is 2.05. The molecule has 0 unspecified atom stereocenters. The largest absolute Gasteiger partial charge is 0.482 e. The van der Waals surface area contributed by atoms with Crippen molar-refractivity contribution in [2.75, 3.05) is 13.2 Å². The summed E-state index contributed by atoms with van der Waals surface area (Å²) in [6, 6.07) is 12.0. The van der Waals surface area contributed by atoms with Crippen LogP contribution in [0.15, 0.2) is 48.5 Å². The van der Waals surface area contributed by atoms with Gasteiger partial charge in [0.05, 0.1) is 6.04 Å². The predicted molar refractivity (Wildman–Crippen MR) is 90.9 cm³/mol. The molecule has 0 fully saturated rings. The third-order valence-corrected chi connectivity index (χ3v) is 3.63. The Hall–Kier alpha value is -2.60. The molecular formula is C18H17ClFNO4. The van der Waals surface area contributed by atoms with Crippen molar-refractivity contribution in [3.8, 4) is 5.75 Å². The van der Waals surface area contributed by atoms with Crippen LogP contribution < -0.4 is 10.1 Å². The van der Waals surface area contributed by atoms with Crippen LogP contribution in [-0.4, -0.2) is 25.1 Å². The summed E-state index contributed by atoms with van der Waals surface area (Å²) in [5, 5.41) is 3.23. The van der Waals surface area contributed by atoms with Gasteiger partial charge in [-0.25, -0.2) is 9.18 Å². The molecule has 0 aliphatic rings. The molecule has 25 heavy (non-hydrogen) atoms. The number of esters is 1. The van der Waals surface area contributed by atoms with E-state index in [2.05, 4.69) is 5.32 Å². The Balaban J connectivity index is 1.73. The van der Waals surface area contributed by atoms with E-state index in [-0.39, 0.29) is 12.6 Å². The lowest BCUT2D eigenvalue weighted by molar-refractivity contribution is -0.150. The maximum atomic E-state index is 12.7. The van der Waals surface area contributed by atoms with Crippen molar-refractivity contribution in [3.63, 3.8) is 0 Å². The summed E-state index contributed by atoms with van der Waals surface area (Å²) in [7, 11) is 0. The number of carbonyl (C=O) groups excluding carboxylic acids is 2. The van der Waals surface area contributed by atoms with Crippen LogP contribution in [0.2, 0.25) is 5.02 Å². The molecule has 132 valence electrons. The number of carbonyl (C=O) groups is 2. The topological polar surface area (TPSA) is 64.6 Å². The molecule has 0 heterocycles. The number of halogens is 2. The van der Waals surface area contributed by atoms with Crippen LogP contribution in [0.25, 0.3) is 0 Å². The molecule has 0 aliphatic heterocycles. The Labute approximate surface area is 149 Å². The highest BCUT2D eigenvalue weighted by atomic mass is 35.5. The number of amides is 1. The highest BCUT2D eigenvalue weighted by molar-refractivity contribution is 6.31. The van der Waals surface area contributed by atoms with Crippen LogP contribution in [0, 0.1) is 5.82 Å². The minimum absolute atomic E-state index is 0.324. The van der Waals surface area contributed by atoms with Crippen molar-refractivity contribution in [2.24, 2.45) is 0 Å². The molecule has 5 nitrogen and oxygen atoms in total. The van der Waals surface area contributed by atoms with Crippen molar-refractivity contribution in [1.82, 2.24) is 5.32 Å². The summed E-state index contributed by atoms with van der Waals surface area (Å²) in [5.74, 6) is -1.23. The molecule has 1 N–H and O–H groups in total. The fraction of sp³-hybridized carbons (Fsp3) is 0.222. The van der Waals surface area contributed by atoms with Gasteiger partial charge in [-0.05, 0) is 42.8 Å². The standard InChI is InChI=1S/C18H17ClFNO4/c1-12(15-4-2-3-5-16(15)19)21-17(22)10-25-18(23)11-24-14-8-6-13(20)7-9-14/h2-9,12H,10-11H2,1H3,(H,21,22)/t12-/m1/s1. The molecule has 0 bridgehead atoms. The van der Waals surface area contributed by atoms with Crippen molar-refractivity contribution < 1.29 is 23.5 Å². The van der Waals surface area contributed by atoms with Gasteiger partial charge in [-0.15, -0.1) is 0 Å². The average Bonchev–Trinajstić information content (AvgIpc) is 2.59. The lowest BCUT2D eigenvalue weighted by Crippen LogP contribution is -2.32. The molecule has 0 aromatic heterocycles. The van der Waals surface area contributed by atoms with Crippen LogP contribution in [0.3, 0.4) is 0 Å². The van der Waals surface area contributed by atoms with Gasteiger partial charge >= 0.3 is 5.97 Å². The first-order valence-electron chi connectivity index (χ1n) is 7.53. The summed E-state index contributed by atoms with van der Waals surface area (Å²) in [6.45, 7) is 0.970. The smallest absolute Gasteiger partial charge is 0.344 e. The molecule has 2 rings (SSSR count). The normalized spacial score (nSPS) is 11.5. The van der Waals surface area contributed by atoms with Crippen LogP contribution in [0.5, 0.6) is 5.75 Å². The monoisotopic (exact) mass is 365 g/mol. The van der Waals surface area contributed by atoms with Crippen molar-refractivity contribution >= 4 is 23.5 Å². The van der Waals surface area contributed by atoms with Crippen molar-refractivity contribution in [2.45, 2.75) is 13.0 Å². The maximum absolute atomic E-state index is 12.7. The molecule has 0 radical (unpaired) electrons. The first kappa shape index (κ1) is 18.7. The first-order valence-corrected chi connectivity index (χ1v) is 7.91. The van der Waals surface area contributed by atoms with Crippen LogP contribution in [0.4, 0.5) is 4.39 Å². The molecule has 7 heteroatoms. The van der Waals surface area contributed by atoms with E-state index < -0.39 is 24.3 Å². The third kappa shape index (κ3) is 6.08. The summed E-state index contributed by atoms with van der Waals surface area (Å²) < 4.78 is 22.7. The van der Waals surface area contributed by atoms with E-state index in [0.717, 1.165) is 5.56 Å². The Morgan fingerprint density at radius 2 is 1.80 bits per heavy atom. The number of rotatable bonds is 7. The second kappa shape index (κ2) is 9.03. The van der Waals surface area contributed by atoms with E-state index in [1.54, 1.807) is 25.1 Å². The van der Waals surface area contributed by atoms with Crippen LogP contribution >= 0.6 is 11.6 Å².